The lowest BCUT2D eigenvalue weighted by Gasteiger charge is -2.35. The van der Waals surface area contributed by atoms with Gasteiger partial charge in [0, 0.05) is 12.5 Å². The molecule has 7 heteroatoms. The first kappa shape index (κ1) is 15.2. The summed E-state index contributed by atoms with van der Waals surface area (Å²) >= 11 is 1.45. The first-order chi connectivity index (χ1) is 9.35. The van der Waals surface area contributed by atoms with Crippen LogP contribution < -0.4 is 5.32 Å². The summed E-state index contributed by atoms with van der Waals surface area (Å²) in [6, 6.07) is 0.195. The third kappa shape index (κ3) is 4.42. The Hall–Kier alpha value is -1.21. The van der Waals surface area contributed by atoms with E-state index in [4.69, 9.17) is 9.84 Å². The summed E-state index contributed by atoms with van der Waals surface area (Å²) in [5, 5.41) is 21.3. The average molecular weight is 299 g/mol. The van der Waals surface area contributed by atoms with Crippen LogP contribution in [-0.2, 0) is 17.8 Å². The summed E-state index contributed by atoms with van der Waals surface area (Å²) in [6.07, 6.45) is 2.39. The number of aliphatic hydroxyl groups excluding tert-OH is 1. The topological polar surface area (TPSA) is 84.3 Å². The van der Waals surface area contributed by atoms with Crippen molar-refractivity contribution in [3.8, 4) is 0 Å². The van der Waals surface area contributed by atoms with Gasteiger partial charge in [-0.15, -0.1) is 10.2 Å². The third-order valence-corrected chi connectivity index (χ3v) is 3.99. The molecule has 0 unspecified atom stereocenters. The molecule has 0 spiro atoms. The summed E-state index contributed by atoms with van der Waals surface area (Å²) in [4.78, 5) is 11.6. The molecule has 1 saturated carbocycles. The number of hydrogen-bond acceptors (Lipinski definition) is 6. The first-order valence-electron chi connectivity index (χ1n) is 6.77. The van der Waals surface area contributed by atoms with Gasteiger partial charge in [-0.25, -0.2) is 4.79 Å². The van der Waals surface area contributed by atoms with E-state index in [0.29, 0.717) is 10.9 Å². The molecule has 20 heavy (non-hydrogen) atoms. The van der Waals surface area contributed by atoms with Crippen LogP contribution in [0.5, 0.6) is 0 Å². The largest absolute Gasteiger partial charge is 0.444 e. The van der Waals surface area contributed by atoms with Crippen molar-refractivity contribution in [1.29, 1.82) is 0 Å². The van der Waals surface area contributed by atoms with Crippen molar-refractivity contribution in [1.82, 2.24) is 15.5 Å². The second kappa shape index (κ2) is 6.05. The minimum atomic E-state index is -0.458. The zero-order valence-electron chi connectivity index (χ0n) is 12.0. The second-order valence-electron chi connectivity index (χ2n) is 6.13. The van der Waals surface area contributed by atoms with Gasteiger partial charge >= 0.3 is 6.09 Å². The molecule has 2 N–H and O–H groups in total. The maximum absolute atomic E-state index is 11.6. The highest BCUT2D eigenvalue weighted by Gasteiger charge is 2.32. The number of carbonyl (C=O) groups is 1. The van der Waals surface area contributed by atoms with Gasteiger partial charge in [0.05, 0.1) is 6.61 Å². The molecule has 1 aliphatic rings. The molecule has 0 bridgehead atoms. The van der Waals surface area contributed by atoms with E-state index in [0.717, 1.165) is 24.3 Å². The van der Waals surface area contributed by atoms with E-state index in [2.05, 4.69) is 15.5 Å². The molecule has 0 radical (unpaired) electrons. The van der Waals surface area contributed by atoms with Crippen LogP contribution in [0.15, 0.2) is 0 Å². The van der Waals surface area contributed by atoms with Crippen LogP contribution >= 0.6 is 11.3 Å². The number of hydrogen-bond donors (Lipinski definition) is 2. The number of alkyl carbamates (subject to hydrolysis) is 1. The molecule has 1 amide bonds. The van der Waals surface area contributed by atoms with Crippen LogP contribution in [0.3, 0.4) is 0 Å². The fraction of sp³-hybridized carbons (Fsp3) is 0.769. The van der Waals surface area contributed by atoms with E-state index >= 15 is 0 Å². The number of rotatable bonds is 4. The Morgan fingerprint density at radius 2 is 2.05 bits per heavy atom. The van der Waals surface area contributed by atoms with Crippen molar-refractivity contribution in [2.75, 3.05) is 0 Å². The number of carbonyl (C=O) groups excluding carboxylic acids is 1. The highest BCUT2D eigenvalue weighted by molar-refractivity contribution is 7.11. The lowest BCUT2D eigenvalue weighted by molar-refractivity contribution is 0.0452. The first-order valence-corrected chi connectivity index (χ1v) is 7.59. The van der Waals surface area contributed by atoms with E-state index in [9.17, 15) is 4.79 Å². The smallest absolute Gasteiger partial charge is 0.407 e. The van der Waals surface area contributed by atoms with Crippen molar-refractivity contribution in [3.05, 3.63) is 10.0 Å². The van der Waals surface area contributed by atoms with Gasteiger partial charge in [-0.2, -0.15) is 0 Å². The summed E-state index contributed by atoms with van der Waals surface area (Å²) in [5.74, 6) is 0.523. The maximum atomic E-state index is 11.6. The molecule has 2 rings (SSSR count). The molecular formula is C13H21N3O3S. The number of aromatic nitrogens is 2. The Morgan fingerprint density at radius 3 is 2.60 bits per heavy atom. The quantitative estimate of drug-likeness (QED) is 0.886. The third-order valence-electron chi connectivity index (χ3n) is 3.06. The summed E-state index contributed by atoms with van der Waals surface area (Å²) in [6.45, 7) is 5.50. The highest BCUT2D eigenvalue weighted by atomic mass is 32.1. The molecule has 0 atom stereocenters. The highest BCUT2D eigenvalue weighted by Crippen LogP contribution is 2.31. The van der Waals surface area contributed by atoms with Crippen molar-refractivity contribution < 1.29 is 14.6 Å². The van der Waals surface area contributed by atoms with Crippen molar-refractivity contribution >= 4 is 17.4 Å². The van der Waals surface area contributed by atoms with Gasteiger partial charge < -0.3 is 15.2 Å². The molecule has 1 heterocycles. The normalized spacial score (nSPS) is 22.2. The number of aliphatic hydroxyl groups is 1. The van der Waals surface area contributed by atoms with Crippen molar-refractivity contribution in [3.63, 3.8) is 0 Å². The fourth-order valence-corrected chi connectivity index (χ4v) is 3.00. The zero-order chi connectivity index (χ0) is 14.8. The van der Waals surface area contributed by atoms with Gasteiger partial charge in [-0.3, -0.25) is 0 Å². The Morgan fingerprint density at radius 1 is 1.40 bits per heavy atom. The molecule has 1 aromatic rings. The number of nitrogens with one attached hydrogen (secondary N) is 1. The van der Waals surface area contributed by atoms with Crippen LogP contribution in [0.1, 0.15) is 43.6 Å². The van der Waals surface area contributed by atoms with Gasteiger partial charge in [0.25, 0.3) is 0 Å². The minimum absolute atomic E-state index is 0.0504. The van der Waals surface area contributed by atoms with E-state index < -0.39 is 5.60 Å². The maximum Gasteiger partial charge on any atom is 0.407 e. The van der Waals surface area contributed by atoms with Crippen LogP contribution in [0.4, 0.5) is 4.79 Å². The summed E-state index contributed by atoms with van der Waals surface area (Å²) in [5.41, 5.74) is -0.458. The number of ether oxygens (including phenoxy) is 1. The Kier molecular flexibility index (Phi) is 4.59. The molecular weight excluding hydrogens is 278 g/mol. The molecule has 1 aliphatic carbocycles. The Labute approximate surface area is 122 Å². The molecule has 1 aromatic heterocycles. The molecule has 6 nitrogen and oxygen atoms in total. The van der Waals surface area contributed by atoms with E-state index in [1.807, 2.05) is 20.8 Å². The van der Waals surface area contributed by atoms with Gasteiger partial charge in [0.1, 0.15) is 15.6 Å². The van der Waals surface area contributed by atoms with Crippen molar-refractivity contribution in [2.24, 2.45) is 5.92 Å². The van der Waals surface area contributed by atoms with Crippen LogP contribution in [-0.4, -0.2) is 33.0 Å². The zero-order valence-corrected chi connectivity index (χ0v) is 12.9. The van der Waals surface area contributed by atoms with Crippen LogP contribution in [0, 0.1) is 5.92 Å². The van der Waals surface area contributed by atoms with Gasteiger partial charge in [0.15, 0.2) is 0 Å². The molecule has 0 saturated heterocycles. The van der Waals surface area contributed by atoms with E-state index in [1.54, 1.807) is 0 Å². The number of amides is 1. The predicted molar refractivity (Wildman–Crippen MR) is 75.4 cm³/mol. The monoisotopic (exact) mass is 299 g/mol. The summed E-state index contributed by atoms with van der Waals surface area (Å²) in [7, 11) is 0. The fourth-order valence-electron chi connectivity index (χ4n) is 2.18. The molecule has 0 aliphatic heterocycles. The van der Waals surface area contributed by atoms with Crippen LogP contribution in [0.25, 0.3) is 0 Å². The average Bonchev–Trinajstić information content (AvgIpc) is 2.71. The number of nitrogens with zero attached hydrogens (tertiary/aromatic N) is 2. The molecule has 1 fully saturated rings. The lowest BCUT2D eigenvalue weighted by atomic mass is 9.78. The van der Waals surface area contributed by atoms with Crippen molar-refractivity contribution in [2.45, 2.75) is 58.3 Å². The lowest BCUT2D eigenvalue weighted by Crippen LogP contribution is -2.46. The Bertz CT molecular complexity index is 464. The van der Waals surface area contributed by atoms with Gasteiger partial charge in [0.2, 0.25) is 0 Å². The second-order valence-corrected chi connectivity index (χ2v) is 7.28. The van der Waals surface area contributed by atoms with Gasteiger partial charge in [-0.1, -0.05) is 11.3 Å². The minimum Gasteiger partial charge on any atom is -0.444 e. The standard InChI is InChI=1S/C13H21N3O3S/c1-13(2,3)19-12(18)14-9-4-8(5-9)6-10-15-16-11(7-17)20-10/h8-9,17H,4-7H2,1-3H3,(H,14,18). The molecule has 112 valence electrons. The van der Waals surface area contributed by atoms with Gasteiger partial charge in [-0.05, 0) is 39.5 Å². The van der Waals surface area contributed by atoms with E-state index in [-0.39, 0.29) is 18.7 Å². The SMILES string of the molecule is CC(C)(C)OC(=O)NC1CC(Cc2nnc(CO)s2)C1. The molecule has 0 aromatic carbocycles. The summed E-state index contributed by atoms with van der Waals surface area (Å²) < 4.78 is 5.22. The van der Waals surface area contributed by atoms with E-state index in [1.165, 1.54) is 11.3 Å². The predicted octanol–water partition coefficient (Wildman–Crippen LogP) is 1.88. The van der Waals surface area contributed by atoms with Crippen LogP contribution in [0.2, 0.25) is 0 Å². The Balaban J connectivity index is 1.68.